The summed E-state index contributed by atoms with van der Waals surface area (Å²) in [4.78, 5) is 10.7. The van der Waals surface area contributed by atoms with Gasteiger partial charge in [-0.1, -0.05) is 31.2 Å². The molecule has 2 N–H and O–H groups in total. The van der Waals surface area contributed by atoms with Crippen LogP contribution in [0.1, 0.15) is 23.7 Å². The zero-order valence-electron chi connectivity index (χ0n) is 11.5. The van der Waals surface area contributed by atoms with Crippen molar-refractivity contribution in [1.29, 1.82) is 0 Å². The fourth-order valence-corrected chi connectivity index (χ4v) is 1.92. The minimum Gasteiger partial charge on any atom is -0.355 e. The number of hydrogen-bond donors (Lipinski definition) is 1. The van der Waals surface area contributed by atoms with Gasteiger partial charge in [0.1, 0.15) is 12.1 Å². The molecule has 0 aliphatic heterocycles. The van der Waals surface area contributed by atoms with E-state index in [0.717, 1.165) is 30.0 Å². The third-order valence-corrected chi connectivity index (χ3v) is 3.14. The van der Waals surface area contributed by atoms with Gasteiger partial charge in [0.05, 0.1) is 0 Å². The molecule has 19 heavy (non-hydrogen) atoms. The van der Waals surface area contributed by atoms with E-state index in [1.807, 2.05) is 13.1 Å². The van der Waals surface area contributed by atoms with E-state index in [1.54, 1.807) is 6.33 Å². The summed E-state index contributed by atoms with van der Waals surface area (Å²) in [7, 11) is 2.04. The molecule has 0 bridgehead atoms. The number of rotatable bonds is 5. The summed E-state index contributed by atoms with van der Waals surface area (Å²) in [5.41, 5.74) is 9.06. The quantitative estimate of drug-likeness (QED) is 0.890. The summed E-state index contributed by atoms with van der Waals surface area (Å²) in [6.45, 7) is 3.50. The summed E-state index contributed by atoms with van der Waals surface area (Å²) in [6.07, 6.45) is 2.55. The predicted molar refractivity (Wildman–Crippen MR) is 77.9 cm³/mol. The second-order valence-corrected chi connectivity index (χ2v) is 4.60. The molecule has 100 valence electrons. The largest absolute Gasteiger partial charge is 0.355 e. The Morgan fingerprint density at radius 3 is 2.42 bits per heavy atom. The summed E-state index contributed by atoms with van der Waals surface area (Å²) < 4.78 is 0. The number of aryl methyl sites for hydroxylation is 1. The van der Waals surface area contributed by atoms with Gasteiger partial charge in [-0.15, -0.1) is 0 Å². The van der Waals surface area contributed by atoms with E-state index < -0.39 is 0 Å². The van der Waals surface area contributed by atoms with E-state index >= 15 is 0 Å². The van der Waals surface area contributed by atoms with Crippen molar-refractivity contribution >= 4 is 5.82 Å². The van der Waals surface area contributed by atoms with Crippen LogP contribution in [0.4, 0.5) is 5.82 Å². The van der Waals surface area contributed by atoms with Crippen LogP contribution in [0.15, 0.2) is 36.7 Å². The first-order valence-corrected chi connectivity index (χ1v) is 6.53. The van der Waals surface area contributed by atoms with Crippen LogP contribution in [0.25, 0.3) is 0 Å². The van der Waals surface area contributed by atoms with Crippen molar-refractivity contribution in [2.75, 3.05) is 11.9 Å². The Hall–Kier alpha value is -1.94. The van der Waals surface area contributed by atoms with Crippen molar-refractivity contribution in [2.45, 2.75) is 26.4 Å². The van der Waals surface area contributed by atoms with Gasteiger partial charge in [0.15, 0.2) is 0 Å². The zero-order valence-corrected chi connectivity index (χ0v) is 11.5. The molecule has 0 saturated carbocycles. The number of anilines is 1. The molecule has 1 heterocycles. The fourth-order valence-electron chi connectivity index (χ4n) is 1.92. The van der Waals surface area contributed by atoms with E-state index in [-0.39, 0.29) is 0 Å². The fraction of sp³-hybridized carbons (Fsp3) is 0.333. The minimum absolute atomic E-state index is 0.585. The normalized spacial score (nSPS) is 10.5. The molecule has 4 nitrogen and oxygen atoms in total. The maximum atomic E-state index is 5.60. The first-order chi connectivity index (χ1) is 9.22. The average Bonchev–Trinajstić information content (AvgIpc) is 2.48. The van der Waals surface area contributed by atoms with E-state index in [1.165, 1.54) is 5.56 Å². The monoisotopic (exact) mass is 256 g/mol. The summed E-state index contributed by atoms with van der Waals surface area (Å²) in [6, 6.07) is 10.4. The zero-order chi connectivity index (χ0) is 13.7. The van der Waals surface area contributed by atoms with E-state index in [9.17, 15) is 0 Å². The first kappa shape index (κ1) is 13.5. The Morgan fingerprint density at radius 1 is 1.11 bits per heavy atom. The van der Waals surface area contributed by atoms with Crippen molar-refractivity contribution < 1.29 is 0 Å². The van der Waals surface area contributed by atoms with E-state index in [0.29, 0.717) is 6.54 Å². The molecular weight excluding hydrogens is 236 g/mol. The Kier molecular flexibility index (Phi) is 4.47. The van der Waals surface area contributed by atoms with Gasteiger partial charge >= 0.3 is 0 Å². The van der Waals surface area contributed by atoms with Crippen LogP contribution < -0.4 is 10.6 Å². The molecule has 0 fully saturated rings. The molecule has 4 heteroatoms. The van der Waals surface area contributed by atoms with Gasteiger partial charge in [-0.2, -0.15) is 0 Å². The van der Waals surface area contributed by atoms with Crippen LogP contribution in [-0.4, -0.2) is 17.0 Å². The van der Waals surface area contributed by atoms with Gasteiger partial charge < -0.3 is 10.6 Å². The molecule has 2 aromatic rings. The van der Waals surface area contributed by atoms with Gasteiger partial charge in [-0.3, -0.25) is 0 Å². The summed E-state index contributed by atoms with van der Waals surface area (Å²) in [5.74, 6) is 0.953. The van der Waals surface area contributed by atoms with Crippen LogP contribution >= 0.6 is 0 Å². The third kappa shape index (κ3) is 3.51. The lowest BCUT2D eigenvalue weighted by Gasteiger charge is -2.18. The highest BCUT2D eigenvalue weighted by Gasteiger charge is 2.05. The molecule has 0 atom stereocenters. The Balaban J connectivity index is 2.08. The molecule has 2 rings (SSSR count). The maximum absolute atomic E-state index is 5.60. The highest BCUT2D eigenvalue weighted by atomic mass is 15.2. The Bertz CT molecular complexity index is 522. The highest BCUT2D eigenvalue weighted by molar-refractivity contribution is 5.39. The molecule has 0 aliphatic carbocycles. The van der Waals surface area contributed by atoms with Crippen molar-refractivity contribution in [3.05, 3.63) is 53.5 Å². The van der Waals surface area contributed by atoms with Crippen molar-refractivity contribution in [2.24, 2.45) is 5.73 Å². The smallest absolute Gasteiger partial charge is 0.132 e. The molecule has 0 spiro atoms. The highest BCUT2D eigenvalue weighted by Crippen LogP contribution is 2.13. The topological polar surface area (TPSA) is 55.0 Å². The number of aromatic nitrogens is 2. The molecule has 0 unspecified atom stereocenters. The standard InChI is InChI=1S/C15H20N4/c1-3-14-8-15(18-11-17-14)19(2)10-13-6-4-12(9-16)5-7-13/h4-8,11H,3,9-10,16H2,1-2H3. The second kappa shape index (κ2) is 6.29. The van der Waals surface area contributed by atoms with Crippen molar-refractivity contribution in [1.82, 2.24) is 9.97 Å². The van der Waals surface area contributed by atoms with Gasteiger partial charge in [0.25, 0.3) is 0 Å². The molecule has 0 aliphatic rings. The average molecular weight is 256 g/mol. The van der Waals surface area contributed by atoms with Gasteiger partial charge in [0.2, 0.25) is 0 Å². The van der Waals surface area contributed by atoms with Crippen LogP contribution in [0.3, 0.4) is 0 Å². The predicted octanol–water partition coefficient (Wildman–Crippen LogP) is 2.13. The molecular formula is C15H20N4. The number of nitrogens with zero attached hydrogens (tertiary/aromatic N) is 3. The minimum atomic E-state index is 0.585. The van der Waals surface area contributed by atoms with Crippen LogP contribution in [0, 0.1) is 0 Å². The molecule has 0 amide bonds. The molecule has 0 radical (unpaired) electrons. The first-order valence-electron chi connectivity index (χ1n) is 6.53. The Morgan fingerprint density at radius 2 is 1.79 bits per heavy atom. The molecule has 0 saturated heterocycles. The van der Waals surface area contributed by atoms with Gasteiger partial charge in [-0.25, -0.2) is 9.97 Å². The summed E-state index contributed by atoms with van der Waals surface area (Å²) >= 11 is 0. The maximum Gasteiger partial charge on any atom is 0.132 e. The molecule has 1 aromatic heterocycles. The SMILES string of the molecule is CCc1cc(N(C)Cc2ccc(CN)cc2)ncn1. The van der Waals surface area contributed by atoms with Gasteiger partial charge in [0, 0.05) is 31.9 Å². The van der Waals surface area contributed by atoms with Crippen LogP contribution in [0.2, 0.25) is 0 Å². The Labute approximate surface area is 114 Å². The van der Waals surface area contributed by atoms with Crippen molar-refractivity contribution in [3.8, 4) is 0 Å². The lowest BCUT2D eigenvalue weighted by atomic mass is 10.1. The summed E-state index contributed by atoms with van der Waals surface area (Å²) in [5, 5.41) is 0. The van der Waals surface area contributed by atoms with Crippen LogP contribution in [0.5, 0.6) is 0 Å². The number of hydrogen-bond acceptors (Lipinski definition) is 4. The number of nitrogens with two attached hydrogens (primary N) is 1. The van der Waals surface area contributed by atoms with Gasteiger partial charge in [-0.05, 0) is 17.5 Å². The van der Waals surface area contributed by atoms with Crippen LogP contribution in [-0.2, 0) is 19.5 Å². The van der Waals surface area contributed by atoms with Crippen molar-refractivity contribution in [3.63, 3.8) is 0 Å². The van der Waals surface area contributed by atoms with E-state index in [2.05, 4.69) is 46.1 Å². The second-order valence-electron chi connectivity index (χ2n) is 4.60. The lowest BCUT2D eigenvalue weighted by Crippen LogP contribution is -2.18. The third-order valence-electron chi connectivity index (χ3n) is 3.14. The number of benzene rings is 1. The van der Waals surface area contributed by atoms with E-state index in [4.69, 9.17) is 5.73 Å². The molecule has 1 aromatic carbocycles. The lowest BCUT2D eigenvalue weighted by molar-refractivity contribution is 0.877.